The number of carbonyl (C=O) groups excluding carboxylic acids is 1. The number of hydrogen-bond donors (Lipinski definition) is 2. The van der Waals surface area contributed by atoms with Crippen LogP contribution in [0.1, 0.15) is 120 Å². The molecule has 4 fully saturated rings. The van der Waals surface area contributed by atoms with Crippen molar-refractivity contribution in [2.75, 3.05) is 55.6 Å². The van der Waals surface area contributed by atoms with Crippen LogP contribution in [-0.4, -0.2) is 125 Å². The maximum atomic E-state index is 11.3. The zero-order valence-corrected chi connectivity index (χ0v) is 45.5. The topological polar surface area (TPSA) is 169 Å². The summed E-state index contributed by atoms with van der Waals surface area (Å²) in [6, 6.07) is 13.1. The lowest BCUT2D eigenvalue weighted by Crippen LogP contribution is -2.52. The van der Waals surface area contributed by atoms with Crippen molar-refractivity contribution in [3.05, 3.63) is 91.4 Å². The summed E-state index contributed by atoms with van der Waals surface area (Å²) in [6.45, 7) is 19.6. The number of halogens is 4. The molecule has 1 amide bonds. The summed E-state index contributed by atoms with van der Waals surface area (Å²) in [6.07, 6.45) is 13.3. The van der Waals surface area contributed by atoms with Crippen molar-refractivity contribution in [3.8, 4) is 0 Å². The van der Waals surface area contributed by atoms with Crippen LogP contribution in [0.15, 0.2) is 48.8 Å². The van der Waals surface area contributed by atoms with Gasteiger partial charge < -0.3 is 21.3 Å². The lowest BCUT2D eigenvalue weighted by atomic mass is 9.91. The highest BCUT2D eigenvalue weighted by Crippen LogP contribution is 2.37. The number of benzene rings is 2. The van der Waals surface area contributed by atoms with Crippen LogP contribution < -0.4 is 21.3 Å². The van der Waals surface area contributed by atoms with E-state index in [1.54, 1.807) is 12.1 Å². The Kier molecular flexibility index (Phi) is 16.5. The van der Waals surface area contributed by atoms with Gasteiger partial charge in [-0.05, 0) is 146 Å². The first kappa shape index (κ1) is 52.5. The Morgan fingerprint density at radius 3 is 1.51 bits per heavy atom. The van der Waals surface area contributed by atoms with Crippen molar-refractivity contribution in [3.63, 3.8) is 0 Å². The van der Waals surface area contributed by atoms with E-state index in [-0.39, 0.29) is 18.0 Å². The number of aryl methyl sites for hydroxylation is 2. The smallest absolute Gasteiger partial charge is 0.217 e. The Hall–Kier alpha value is -4.35. The number of primary amides is 1. The molecule has 4 aliphatic heterocycles. The van der Waals surface area contributed by atoms with Gasteiger partial charge in [0.05, 0.1) is 35.9 Å². The number of nitrogens with zero attached hydrogens (tertiary/aromatic N) is 12. The number of rotatable bonds is 13. The van der Waals surface area contributed by atoms with E-state index in [1.165, 1.54) is 25.8 Å². The normalized spacial score (nSPS) is 24.0. The third kappa shape index (κ3) is 11.0. The molecular formula is C53H70Cl4N14O. The lowest BCUT2D eigenvalue weighted by molar-refractivity contribution is -0.118. The maximum absolute atomic E-state index is 11.3. The highest BCUT2D eigenvalue weighted by molar-refractivity contribution is 6.35. The minimum absolute atomic E-state index is 0.0974. The van der Waals surface area contributed by atoms with Gasteiger partial charge >= 0.3 is 0 Å². The van der Waals surface area contributed by atoms with Gasteiger partial charge in [0.15, 0.2) is 11.3 Å². The number of nitrogens with two attached hydrogens (primary N) is 2. The number of likely N-dealkylation sites (tertiary alicyclic amines) is 2. The number of amides is 1. The molecule has 4 N–H and O–H groups in total. The van der Waals surface area contributed by atoms with Crippen molar-refractivity contribution in [2.24, 2.45) is 23.3 Å². The number of fused-ring (bicyclic) bond motifs is 2. The zero-order chi connectivity index (χ0) is 51.0. The number of carbonyl (C=O) groups is 1. The molecule has 2 aromatic carbocycles. The van der Waals surface area contributed by atoms with Crippen LogP contribution in [0.3, 0.4) is 0 Å². The molecule has 0 aliphatic carbocycles. The molecule has 8 unspecified atom stereocenters. The molecule has 0 bridgehead atoms. The summed E-state index contributed by atoms with van der Waals surface area (Å²) in [5.74, 6) is 2.61. The summed E-state index contributed by atoms with van der Waals surface area (Å²) in [4.78, 5) is 41.1. The van der Waals surface area contributed by atoms with Crippen molar-refractivity contribution >= 4 is 86.3 Å². The van der Waals surface area contributed by atoms with E-state index in [2.05, 4.69) is 47.3 Å². The average molecular weight is 1060 g/mol. The summed E-state index contributed by atoms with van der Waals surface area (Å²) < 4.78 is 3.86. The highest BCUT2D eigenvalue weighted by atomic mass is 35.5. The number of anilines is 2. The molecule has 0 saturated carbocycles. The summed E-state index contributed by atoms with van der Waals surface area (Å²) in [7, 11) is 0. The van der Waals surface area contributed by atoms with Crippen LogP contribution in [0.4, 0.5) is 11.6 Å². The highest BCUT2D eigenvalue weighted by Gasteiger charge is 2.39. The molecule has 4 saturated heterocycles. The molecule has 8 heterocycles. The summed E-state index contributed by atoms with van der Waals surface area (Å²) in [5.41, 5.74) is 18.1. The van der Waals surface area contributed by atoms with E-state index in [0.717, 1.165) is 128 Å². The van der Waals surface area contributed by atoms with E-state index in [0.29, 0.717) is 62.5 Å². The Labute approximate surface area is 443 Å². The minimum atomic E-state index is -0.203. The lowest BCUT2D eigenvalue weighted by Gasteiger charge is -2.43. The quantitative estimate of drug-likeness (QED) is 0.112. The van der Waals surface area contributed by atoms with Crippen molar-refractivity contribution in [2.45, 2.75) is 136 Å². The van der Waals surface area contributed by atoms with Gasteiger partial charge in [-0.15, -0.1) is 0 Å². The second-order valence-corrected chi connectivity index (χ2v) is 22.4. The van der Waals surface area contributed by atoms with E-state index < -0.39 is 0 Å². The molecule has 0 radical (unpaired) electrons. The number of piperidine rings is 2. The largest absolute Gasteiger partial charge is 0.370 e. The van der Waals surface area contributed by atoms with Crippen LogP contribution in [0.2, 0.25) is 20.1 Å². The molecule has 8 atom stereocenters. The van der Waals surface area contributed by atoms with Gasteiger partial charge in [0.25, 0.3) is 0 Å². The average Bonchev–Trinajstić information content (AvgIpc) is 4.16. The summed E-state index contributed by atoms with van der Waals surface area (Å²) >= 11 is 25.3. The molecule has 4 aliphatic rings. The fraction of sp³-hybridized carbons (Fsp3) is 0.566. The fourth-order valence-corrected chi connectivity index (χ4v) is 13.4. The van der Waals surface area contributed by atoms with Gasteiger partial charge in [-0.3, -0.25) is 14.6 Å². The van der Waals surface area contributed by atoms with Crippen LogP contribution >= 0.6 is 46.4 Å². The molecule has 19 heteroatoms. The summed E-state index contributed by atoms with van der Waals surface area (Å²) in [5, 5.41) is 12.0. The Morgan fingerprint density at radius 2 is 1.11 bits per heavy atom. The first-order valence-electron chi connectivity index (χ1n) is 25.9. The van der Waals surface area contributed by atoms with E-state index in [4.69, 9.17) is 88.0 Å². The Balaban J connectivity index is 0.000000178. The first-order chi connectivity index (χ1) is 34.6. The first-order valence-corrected chi connectivity index (χ1v) is 27.4. The molecule has 6 aromatic rings. The van der Waals surface area contributed by atoms with Gasteiger partial charge in [-0.25, -0.2) is 29.3 Å². The van der Waals surface area contributed by atoms with Gasteiger partial charge in [-0.1, -0.05) is 72.4 Å². The minimum Gasteiger partial charge on any atom is -0.370 e. The van der Waals surface area contributed by atoms with E-state index >= 15 is 0 Å². The van der Waals surface area contributed by atoms with Crippen LogP contribution in [0.25, 0.3) is 22.3 Å². The third-order valence-corrected chi connectivity index (χ3v) is 17.1. The monoisotopic (exact) mass is 1060 g/mol. The van der Waals surface area contributed by atoms with Gasteiger partial charge in [-0.2, -0.15) is 10.2 Å². The van der Waals surface area contributed by atoms with Crippen molar-refractivity contribution < 1.29 is 4.79 Å². The molecule has 386 valence electrons. The standard InChI is InChI=1S/C27H35Cl2N7O.C26H35Cl2N7/c1-16-15-34(12-10-23(16)35-11-4-5-20(35)7-9-24(30)37)25-14-31-26-17(2)33-36(27(26)32-25)18(3)21-8-6-19(28)13-22(21)29;1-16-15-33(12-9-23(16)34-11-4-5-20(34)8-10-29)24-14-30-25-17(2)32-35(26(25)31-24)18(3)21-7-6-19(27)13-22(21)28/h6,8,13-14,16,18,20,23H,4-5,7,9-12,15H2,1-3H3,(H2,30,37);6-7,13-14,16,18,20,23H,4-5,8-12,15,29H2,1-3H3. The fourth-order valence-electron chi connectivity index (χ4n) is 12.3. The number of hydrogen-bond acceptors (Lipinski definition) is 12. The molecule has 0 spiro atoms. The molecular weight excluding hydrogens is 990 g/mol. The molecule has 4 aromatic heterocycles. The Morgan fingerprint density at radius 1 is 0.667 bits per heavy atom. The van der Waals surface area contributed by atoms with Crippen LogP contribution in [0.5, 0.6) is 0 Å². The zero-order valence-electron chi connectivity index (χ0n) is 42.5. The third-order valence-electron chi connectivity index (χ3n) is 16.0. The van der Waals surface area contributed by atoms with E-state index in [9.17, 15) is 4.79 Å². The molecule has 72 heavy (non-hydrogen) atoms. The van der Waals surface area contributed by atoms with Crippen LogP contribution in [-0.2, 0) is 4.79 Å². The van der Waals surface area contributed by atoms with E-state index in [1.807, 2.05) is 59.9 Å². The SMILES string of the molecule is Cc1nn(C(C)c2ccc(Cl)cc2Cl)c2nc(N3CCC(N4CCCC4CCC(N)=O)C(C)C3)cnc12.Cc1nn(C(C)c2ccc(Cl)cc2Cl)c2nc(N3CCC(N4CCCC4CCN)C(C)C3)cnc12. The second-order valence-electron chi connectivity index (χ2n) is 20.8. The molecule has 15 nitrogen and oxygen atoms in total. The Bertz CT molecular complexity index is 2870. The predicted octanol–water partition coefficient (Wildman–Crippen LogP) is 10.1. The van der Waals surface area contributed by atoms with Crippen molar-refractivity contribution in [1.29, 1.82) is 0 Å². The maximum Gasteiger partial charge on any atom is 0.217 e. The van der Waals surface area contributed by atoms with Gasteiger partial charge in [0.2, 0.25) is 5.91 Å². The van der Waals surface area contributed by atoms with Gasteiger partial charge in [0.1, 0.15) is 22.7 Å². The predicted molar refractivity (Wildman–Crippen MR) is 292 cm³/mol. The van der Waals surface area contributed by atoms with Crippen molar-refractivity contribution in [1.82, 2.24) is 49.3 Å². The molecule has 10 rings (SSSR count). The second kappa shape index (κ2) is 22.6. The van der Waals surface area contributed by atoms with Crippen LogP contribution in [0, 0.1) is 25.7 Å². The van der Waals surface area contributed by atoms with Gasteiger partial charge in [0, 0.05) is 76.9 Å². The number of aromatic nitrogens is 8.